The van der Waals surface area contributed by atoms with Gasteiger partial charge in [-0.1, -0.05) is 0 Å². The third-order valence-electron chi connectivity index (χ3n) is 3.69. The molecule has 2 aromatic rings. The van der Waals surface area contributed by atoms with Gasteiger partial charge in [0.25, 0.3) is 15.5 Å². The topological polar surface area (TPSA) is 123 Å². The van der Waals surface area contributed by atoms with Crippen molar-refractivity contribution >= 4 is 21.2 Å². The number of furan rings is 1. The summed E-state index contributed by atoms with van der Waals surface area (Å²) in [6.07, 6.45) is 1.77. The van der Waals surface area contributed by atoms with Crippen LogP contribution in [-0.4, -0.2) is 37.1 Å². The van der Waals surface area contributed by atoms with Crippen LogP contribution in [0.4, 0.5) is 24.5 Å². The van der Waals surface area contributed by atoms with Crippen LogP contribution >= 0.6 is 0 Å². The van der Waals surface area contributed by atoms with E-state index in [0.717, 1.165) is 6.07 Å². The van der Waals surface area contributed by atoms with Gasteiger partial charge < -0.3 is 14.8 Å². The maximum absolute atomic E-state index is 12.6. The molecule has 0 radical (unpaired) electrons. The molecule has 2 N–H and O–H groups in total. The van der Waals surface area contributed by atoms with Gasteiger partial charge in [0, 0.05) is 31.6 Å². The molecule has 0 aliphatic rings. The molecule has 8 nitrogen and oxygen atoms in total. The highest BCUT2D eigenvalue weighted by atomic mass is 32.2. The molecule has 1 atom stereocenters. The number of nitro groups is 1. The molecular weight excluding hydrogens is 393 g/mol. The van der Waals surface area contributed by atoms with Gasteiger partial charge in [0.1, 0.15) is 11.4 Å². The number of aliphatic hydroxyl groups excluding tert-OH is 1. The van der Waals surface area contributed by atoms with Gasteiger partial charge in [-0.2, -0.15) is 13.2 Å². The van der Waals surface area contributed by atoms with Gasteiger partial charge in [-0.3, -0.25) is 10.1 Å². The third-order valence-corrected chi connectivity index (χ3v) is 5.17. The lowest BCUT2D eigenvalue weighted by Crippen LogP contribution is -2.23. The zero-order chi connectivity index (χ0) is 20.2. The van der Waals surface area contributed by atoms with Crippen LogP contribution in [0.2, 0.25) is 0 Å². The highest BCUT2D eigenvalue weighted by Crippen LogP contribution is 2.34. The Labute approximate surface area is 151 Å². The number of nitrogens with zero attached hydrogens (tertiary/aromatic N) is 1. The predicted octanol–water partition coefficient (Wildman–Crippen LogP) is 2.74. The number of nitrogens with one attached hydrogen (secondary N) is 1. The summed E-state index contributed by atoms with van der Waals surface area (Å²) in [4.78, 5) is 8.94. The number of hydrogen-bond acceptors (Lipinski definition) is 7. The normalized spacial score (nSPS) is 13.3. The summed E-state index contributed by atoms with van der Waals surface area (Å²) in [5, 5.41) is 23.2. The quantitative estimate of drug-likeness (QED) is 0.509. The van der Waals surface area contributed by atoms with Gasteiger partial charge in [0.05, 0.1) is 16.1 Å². The fourth-order valence-electron chi connectivity index (χ4n) is 2.28. The summed E-state index contributed by atoms with van der Waals surface area (Å²) in [5.41, 5.74) is -6.56. The zero-order valence-electron chi connectivity index (χ0n) is 13.6. The lowest BCUT2D eigenvalue weighted by molar-refractivity contribution is -0.384. The van der Waals surface area contributed by atoms with Gasteiger partial charge >= 0.3 is 5.51 Å². The molecule has 0 aliphatic heterocycles. The number of benzene rings is 1. The summed E-state index contributed by atoms with van der Waals surface area (Å²) in [6, 6.07) is 5.21. The highest BCUT2D eigenvalue weighted by Gasteiger charge is 2.47. The van der Waals surface area contributed by atoms with Crippen LogP contribution in [0.5, 0.6) is 0 Å². The Morgan fingerprint density at radius 1 is 1.30 bits per heavy atom. The van der Waals surface area contributed by atoms with E-state index in [1.165, 1.54) is 6.26 Å². The van der Waals surface area contributed by atoms with E-state index in [2.05, 4.69) is 5.32 Å². The number of sulfone groups is 1. The number of aliphatic hydroxyl groups is 1. The molecule has 0 bridgehead atoms. The van der Waals surface area contributed by atoms with Crippen LogP contribution in [0.1, 0.15) is 5.76 Å². The predicted molar refractivity (Wildman–Crippen MR) is 87.8 cm³/mol. The van der Waals surface area contributed by atoms with Crippen LogP contribution < -0.4 is 5.32 Å². The maximum Gasteiger partial charge on any atom is 0.501 e. The SMILES string of the molecule is O=[N+]([O-])c1cc(S(=O)(=O)C(F)(F)F)ccc1NCC(CO)Cc1ccco1. The molecule has 12 heteroatoms. The Kier molecular flexibility index (Phi) is 6.11. The Morgan fingerprint density at radius 2 is 2.00 bits per heavy atom. The number of anilines is 1. The summed E-state index contributed by atoms with van der Waals surface area (Å²) in [5.74, 6) is 0.186. The Hall–Kier alpha value is -2.60. The van der Waals surface area contributed by atoms with Crippen molar-refractivity contribution in [3.63, 3.8) is 0 Å². The minimum atomic E-state index is -5.70. The molecule has 27 heavy (non-hydrogen) atoms. The van der Waals surface area contributed by atoms with Crippen molar-refractivity contribution in [1.82, 2.24) is 0 Å². The first-order chi connectivity index (χ1) is 12.6. The molecule has 0 fully saturated rings. The van der Waals surface area contributed by atoms with Gasteiger partial charge in [0.15, 0.2) is 0 Å². The van der Waals surface area contributed by atoms with Crippen molar-refractivity contribution in [2.75, 3.05) is 18.5 Å². The van der Waals surface area contributed by atoms with Crippen molar-refractivity contribution in [2.45, 2.75) is 16.8 Å². The minimum absolute atomic E-state index is 0.0450. The second kappa shape index (κ2) is 7.96. The van der Waals surface area contributed by atoms with Crippen LogP contribution in [0, 0.1) is 16.0 Å². The van der Waals surface area contributed by atoms with Gasteiger partial charge in [-0.05, 0) is 24.3 Å². The van der Waals surface area contributed by atoms with Crippen molar-refractivity contribution in [3.8, 4) is 0 Å². The van der Waals surface area contributed by atoms with E-state index in [9.17, 15) is 36.8 Å². The fraction of sp³-hybridized carbons (Fsp3) is 0.333. The van der Waals surface area contributed by atoms with E-state index in [1.54, 1.807) is 12.1 Å². The van der Waals surface area contributed by atoms with Crippen molar-refractivity contribution in [1.29, 1.82) is 0 Å². The number of halogens is 3. The molecule has 1 aromatic carbocycles. The van der Waals surface area contributed by atoms with Crippen LogP contribution in [0.25, 0.3) is 0 Å². The average Bonchev–Trinajstić information content (AvgIpc) is 3.10. The zero-order valence-corrected chi connectivity index (χ0v) is 14.5. The summed E-state index contributed by atoms with van der Waals surface area (Å²) >= 11 is 0. The highest BCUT2D eigenvalue weighted by molar-refractivity contribution is 7.92. The Morgan fingerprint density at radius 3 is 2.52 bits per heavy atom. The van der Waals surface area contributed by atoms with Crippen molar-refractivity contribution in [2.24, 2.45) is 5.92 Å². The second-order valence-electron chi connectivity index (χ2n) is 5.60. The van der Waals surface area contributed by atoms with Gasteiger partial charge in [0.2, 0.25) is 0 Å². The lowest BCUT2D eigenvalue weighted by atomic mass is 10.0. The van der Waals surface area contributed by atoms with Crippen LogP contribution in [0.3, 0.4) is 0 Å². The van der Waals surface area contributed by atoms with E-state index in [0.29, 0.717) is 24.3 Å². The molecule has 1 aromatic heterocycles. The molecule has 0 saturated heterocycles. The number of nitro benzene ring substituents is 1. The molecule has 148 valence electrons. The number of alkyl halides is 3. The number of hydrogen-bond donors (Lipinski definition) is 2. The van der Waals surface area contributed by atoms with E-state index < -0.39 is 36.8 Å². The van der Waals surface area contributed by atoms with Gasteiger partial charge in [-0.25, -0.2) is 8.42 Å². The summed E-state index contributed by atoms with van der Waals surface area (Å²) in [7, 11) is -5.70. The average molecular weight is 408 g/mol. The molecule has 1 heterocycles. The first kappa shape index (κ1) is 20.7. The molecule has 1 unspecified atom stereocenters. The Bertz CT molecular complexity index is 897. The molecule has 0 spiro atoms. The van der Waals surface area contributed by atoms with E-state index >= 15 is 0 Å². The summed E-state index contributed by atoms with van der Waals surface area (Å²) in [6.45, 7) is -0.231. The largest absolute Gasteiger partial charge is 0.501 e. The molecule has 0 aliphatic carbocycles. The van der Waals surface area contributed by atoms with Crippen LogP contribution in [-0.2, 0) is 16.3 Å². The number of rotatable bonds is 8. The van der Waals surface area contributed by atoms with Gasteiger partial charge in [-0.15, -0.1) is 0 Å². The minimum Gasteiger partial charge on any atom is -0.469 e. The molecule has 2 rings (SSSR count). The first-order valence-electron chi connectivity index (χ1n) is 7.53. The standard InChI is InChI=1S/C15H15F3N2O6S/c16-15(17,18)27(24,25)12-3-4-13(14(7-12)20(22)23)19-8-10(9-21)6-11-2-1-5-26-11/h1-5,7,10,19,21H,6,8-9H2. The van der Waals surface area contributed by atoms with Crippen LogP contribution in [0.15, 0.2) is 45.9 Å². The first-order valence-corrected chi connectivity index (χ1v) is 9.01. The molecular formula is C15H15F3N2O6S. The van der Waals surface area contributed by atoms with E-state index in [4.69, 9.17) is 4.42 Å². The summed E-state index contributed by atoms with van der Waals surface area (Å²) < 4.78 is 65.8. The maximum atomic E-state index is 12.6. The van der Waals surface area contributed by atoms with E-state index in [-0.39, 0.29) is 18.8 Å². The van der Waals surface area contributed by atoms with Crippen molar-refractivity contribution in [3.05, 3.63) is 52.5 Å². The molecule has 0 saturated carbocycles. The molecule has 0 amide bonds. The Balaban J connectivity index is 2.23. The van der Waals surface area contributed by atoms with Crippen molar-refractivity contribution < 1.29 is 36.0 Å². The smallest absolute Gasteiger partial charge is 0.469 e. The lowest BCUT2D eigenvalue weighted by Gasteiger charge is -2.15. The third kappa shape index (κ3) is 4.77. The van der Waals surface area contributed by atoms with E-state index in [1.807, 2.05) is 0 Å². The fourth-order valence-corrected chi connectivity index (χ4v) is 3.06. The monoisotopic (exact) mass is 408 g/mol. The second-order valence-corrected chi connectivity index (χ2v) is 7.54.